The third-order valence-electron chi connectivity index (χ3n) is 4.04. The Kier molecular flexibility index (Phi) is 5.59. The maximum atomic E-state index is 11.3. The second-order valence-corrected chi connectivity index (χ2v) is 8.67. The number of carboxylic acid groups (broad SMARTS) is 1. The Morgan fingerprint density at radius 2 is 1.92 bits per heavy atom. The molecule has 1 aliphatic rings. The van der Waals surface area contributed by atoms with Crippen molar-refractivity contribution in [3.63, 3.8) is 0 Å². The van der Waals surface area contributed by atoms with Crippen LogP contribution in [0.4, 0.5) is 0 Å². The normalized spacial score (nSPS) is 19.5. The molecule has 0 unspecified atom stereocenters. The molecule has 0 saturated carbocycles. The molecule has 1 aromatic rings. The lowest BCUT2D eigenvalue weighted by Crippen LogP contribution is -2.41. The molecule has 2 heterocycles. The van der Waals surface area contributed by atoms with E-state index in [1.54, 1.807) is 6.08 Å². The molecule has 2 rings (SSSR count). The quantitative estimate of drug-likeness (QED) is 0.798. The Morgan fingerprint density at radius 1 is 1.33 bits per heavy atom. The van der Waals surface area contributed by atoms with Crippen LogP contribution in [0.3, 0.4) is 0 Å². The predicted octanol–water partition coefficient (Wildman–Crippen LogP) is 3.14. The number of rotatable bonds is 5. The third-order valence-corrected chi connectivity index (χ3v) is 5.86. The number of aromatic carboxylic acids is 1. The van der Waals surface area contributed by atoms with Crippen LogP contribution >= 0.6 is 23.1 Å². The average molecular weight is 369 g/mol. The highest BCUT2D eigenvalue weighted by Gasteiger charge is 2.52. The standard InChI is InChI=1S/C15H20BNO5S2/c1-9(18)23-8-10(6-12-17-7-11(24-12)13(19)20)16-21-14(2,3)15(4,5)22-16/h6-7H,8H2,1-5H3,(H,19,20). The van der Waals surface area contributed by atoms with Crippen LogP contribution in [0.2, 0.25) is 0 Å². The van der Waals surface area contributed by atoms with E-state index in [0.717, 1.165) is 28.6 Å². The summed E-state index contributed by atoms with van der Waals surface area (Å²) in [6, 6.07) is 0. The number of hydrogen-bond acceptors (Lipinski definition) is 7. The number of aromatic nitrogens is 1. The maximum absolute atomic E-state index is 11.3. The molecule has 1 aliphatic heterocycles. The summed E-state index contributed by atoms with van der Waals surface area (Å²) in [5, 5.41) is 9.54. The molecule has 1 aromatic heterocycles. The van der Waals surface area contributed by atoms with Gasteiger partial charge in [-0.05, 0) is 39.2 Å². The molecular weight excluding hydrogens is 349 g/mol. The number of thiazole rings is 1. The molecule has 0 atom stereocenters. The average Bonchev–Trinajstić information content (AvgIpc) is 2.97. The first-order chi connectivity index (χ1) is 11.0. The minimum absolute atomic E-state index is 0.0113. The summed E-state index contributed by atoms with van der Waals surface area (Å²) < 4.78 is 12.1. The minimum atomic E-state index is -1.01. The molecule has 24 heavy (non-hydrogen) atoms. The van der Waals surface area contributed by atoms with Crippen molar-refractivity contribution in [2.75, 3.05) is 5.75 Å². The molecule has 1 saturated heterocycles. The van der Waals surface area contributed by atoms with Crippen LogP contribution in [0.25, 0.3) is 6.08 Å². The van der Waals surface area contributed by atoms with Gasteiger partial charge in [-0.2, -0.15) is 0 Å². The van der Waals surface area contributed by atoms with E-state index in [4.69, 9.17) is 14.4 Å². The van der Waals surface area contributed by atoms with Gasteiger partial charge in [0.05, 0.1) is 17.4 Å². The Morgan fingerprint density at radius 3 is 2.38 bits per heavy atom. The first-order valence-electron chi connectivity index (χ1n) is 7.40. The summed E-state index contributed by atoms with van der Waals surface area (Å²) >= 11 is 2.22. The van der Waals surface area contributed by atoms with Crippen LogP contribution in [0.5, 0.6) is 0 Å². The van der Waals surface area contributed by atoms with Gasteiger partial charge in [-0.25, -0.2) is 9.78 Å². The summed E-state index contributed by atoms with van der Waals surface area (Å²) in [7, 11) is -0.598. The highest BCUT2D eigenvalue weighted by Crippen LogP contribution is 2.39. The molecular formula is C15H20BNO5S2. The second kappa shape index (κ2) is 6.99. The first kappa shape index (κ1) is 19.2. The minimum Gasteiger partial charge on any atom is -0.477 e. The molecule has 0 spiro atoms. The Bertz CT molecular complexity index is 667. The highest BCUT2D eigenvalue weighted by atomic mass is 32.2. The molecule has 9 heteroatoms. The SMILES string of the molecule is CC(=O)SCC(=Cc1ncc(C(=O)O)s1)B1OC(C)(C)C(C)(C)O1. The van der Waals surface area contributed by atoms with Crippen LogP contribution in [-0.2, 0) is 14.1 Å². The largest absolute Gasteiger partial charge is 0.491 e. The molecule has 0 bridgehead atoms. The van der Waals surface area contributed by atoms with E-state index in [9.17, 15) is 9.59 Å². The van der Waals surface area contributed by atoms with Gasteiger partial charge in [-0.3, -0.25) is 4.79 Å². The molecule has 1 N–H and O–H groups in total. The van der Waals surface area contributed by atoms with Crippen molar-refractivity contribution in [2.24, 2.45) is 0 Å². The van der Waals surface area contributed by atoms with E-state index in [1.165, 1.54) is 13.1 Å². The van der Waals surface area contributed by atoms with Gasteiger partial charge in [0.2, 0.25) is 0 Å². The van der Waals surface area contributed by atoms with Gasteiger partial charge < -0.3 is 14.4 Å². The summed E-state index contributed by atoms with van der Waals surface area (Å²) in [5.74, 6) is -0.615. The second-order valence-electron chi connectivity index (χ2n) is 6.46. The molecule has 6 nitrogen and oxygen atoms in total. The predicted molar refractivity (Wildman–Crippen MR) is 96.3 cm³/mol. The van der Waals surface area contributed by atoms with E-state index < -0.39 is 24.3 Å². The van der Waals surface area contributed by atoms with Crippen LogP contribution in [0, 0.1) is 0 Å². The number of thioether (sulfide) groups is 1. The smallest absolute Gasteiger partial charge is 0.477 e. The van der Waals surface area contributed by atoms with Gasteiger partial charge in [0.1, 0.15) is 9.88 Å². The van der Waals surface area contributed by atoms with Crippen molar-refractivity contribution in [3.8, 4) is 0 Å². The Hall–Kier alpha value is -1.16. The fourth-order valence-electron chi connectivity index (χ4n) is 1.97. The van der Waals surface area contributed by atoms with E-state index in [-0.39, 0.29) is 9.99 Å². The Labute approximate surface area is 149 Å². The fourth-order valence-corrected chi connectivity index (χ4v) is 3.29. The van der Waals surface area contributed by atoms with Gasteiger partial charge in [0.25, 0.3) is 0 Å². The lowest BCUT2D eigenvalue weighted by atomic mass is 9.79. The van der Waals surface area contributed by atoms with Crippen LogP contribution in [0.1, 0.15) is 49.3 Å². The van der Waals surface area contributed by atoms with Crippen molar-refractivity contribution < 1.29 is 24.0 Å². The zero-order chi connectivity index (χ0) is 18.1. The summed E-state index contributed by atoms with van der Waals surface area (Å²) in [5.41, 5.74) is -0.236. The van der Waals surface area contributed by atoms with Crippen molar-refractivity contribution >= 4 is 47.4 Å². The van der Waals surface area contributed by atoms with Crippen molar-refractivity contribution in [2.45, 2.75) is 45.8 Å². The molecule has 0 amide bonds. The Balaban J connectivity index is 2.29. The third kappa shape index (κ3) is 4.27. The van der Waals surface area contributed by atoms with Crippen molar-refractivity contribution in [1.29, 1.82) is 0 Å². The number of carbonyl (C=O) groups excluding carboxylic acids is 1. The maximum Gasteiger partial charge on any atom is 0.491 e. The highest BCUT2D eigenvalue weighted by molar-refractivity contribution is 8.13. The zero-order valence-corrected chi connectivity index (χ0v) is 15.9. The van der Waals surface area contributed by atoms with Gasteiger partial charge >= 0.3 is 13.1 Å². The summed E-state index contributed by atoms with van der Waals surface area (Å²) in [4.78, 5) is 26.6. The summed E-state index contributed by atoms with van der Waals surface area (Å²) in [6.07, 6.45) is 3.06. The van der Waals surface area contributed by atoms with E-state index in [2.05, 4.69) is 4.98 Å². The lowest BCUT2D eigenvalue weighted by molar-refractivity contribution is -0.109. The number of carboxylic acids is 1. The van der Waals surface area contributed by atoms with Gasteiger partial charge in [-0.1, -0.05) is 11.8 Å². The zero-order valence-electron chi connectivity index (χ0n) is 14.3. The van der Waals surface area contributed by atoms with Gasteiger partial charge in [-0.15, -0.1) is 11.3 Å². The monoisotopic (exact) mass is 369 g/mol. The first-order valence-corrected chi connectivity index (χ1v) is 9.20. The number of carbonyl (C=O) groups is 2. The molecule has 1 fully saturated rings. The number of nitrogens with zero attached hydrogens (tertiary/aromatic N) is 1. The van der Waals surface area contributed by atoms with Crippen LogP contribution < -0.4 is 0 Å². The van der Waals surface area contributed by atoms with Crippen molar-refractivity contribution in [3.05, 3.63) is 21.6 Å². The van der Waals surface area contributed by atoms with E-state index >= 15 is 0 Å². The van der Waals surface area contributed by atoms with Crippen LogP contribution in [0.15, 0.2) is 11.7 Å². The molecule has 0 aromatic carbocycles. The topological polar surface area (TPSA) is 85.7 Å². The van der Waals surface area contributed by atoms with Gasteiger partial charge in [0, 0.05) is 12.7 Å². The molecule has 0 radical (unpaired) electrons. The summed E-state index contributed by atoms with van der Waals surface area (Å²) in [6.45, 7) is 9.31. The van der Waals surface area contributed by atoms with E-state index in [0.29, 0.717) is 10.8 Å². The van der Waals surface area contributed by atoms with E-state index in [1.807, 2.05) is 27.7 Å². The molecule has 130 valence electrons. The lowest BCUT2D eigenvalue weighted by Gasteiger charge is -2.32. The fraction of sp³-hybridized carbons (Fsp3) is 0.533. The van der Waals surface area contributed by atoms with Crippen molar-refractivity contribution in [1.82, 2.24) is 4.98 Å². The molecule has 0 aliphatic carbocycles. The number of hydrogen-bond donors (Lipinski definition) is 1. The van der Waals surface area contributed by atoms with Gasteiger partial charge in [0.15, 0.2) is 5.12 Å². The van der Waals surface area contributed by atoms with Crippen LogP contribution in [-0.4, -0.2) is 45.2 Å².